The maximum Gasteiger partial charge on any atom is 0.237 e. The number of amides is 1. The van der Waals surface area contributed by atoms with E-state index in [1.807, 2.05) is 0 Å². The van der Waals surface area contributed by atoms with Crippen molar-refractivity contribution in [2.24, 2.45) is 0 Å². The second-order valence-corrected chi connectivity index (χ2v) is 5.66. The van der Waals surface area contributed by atoms with E-state index in [1.165, 1.54) is 0 Å². The summed E-state index contributed by atoms with van der Waals surface area (Å²) in [6, 6.07) is 0.281. The van der Waals surface area contributed by atoms with Crippen LogP contribution in [-0.2, 0) is 4.79 Å². The standard InChI is InChI=1S/C13H26N4O.3ClH/c1-11(10-17-8-6-16(2)7-9-17)15-13(18)12-4-3-5-14-12;;;/h11-12,14H,3-10H2,1-2H3,(H,15,18);3*1H. The molecule has 0 aromatic heterocycles. The normalized spacial score (nSPS) is 24.2. The van der Waals surface area contributed by atoms with Crippen molar-refractivity contribution in [1.29, 1.82) is 0 Å². The molecule has 0 bridgehead atoms. The molecule has 0 radical (unpaired) electrons. The molecule has 8 heteroatoms. The predicted molar refractivity (Wildman–Crippen MR) is 94.3 cm³/mol. The molecule has 0 spiro atoms. The van der Waals surface area contributed by atoms with Gasteiger partial charge in [-0.1, -0.05) is 0 Å². The highest BCUT2D eigenvalue weighted by Crippen LogP contribution is 2.05. The third-order valence-electron chi connectivity index (χ3n) is 3.89. The first-order chi connectivity index (χ1) is 8.65. The fourth-order valence-electron chi connectivity index (χ4n) is 2.72. The number of nitrogens with one attached hydrogen (secondary N) is 2. The van der Waals surface area contributed by atoms with Crippen molar-refractivity contribution in [1.82, 2.24) is 20.4 Å². The second-order valence-electron chi connectivity index (χ2n) is 5.66. The maximum atomic E-state index is 11.9. The quantitative estimate of drug-likeness (QED) is 0.774. The van der Waals surface area contributed by atoms with Crippen LogP contribution in [0.5, 0.6) is 0 Å². The number of hydrogen-bond acceptors (Lipinski definition) is 4. The van der Waals surface area contributed by atoms with Gasteiger partial charge in [0.1, 0.15) is 0 Å². The third kappa shape index (κ3) is 7.86. The summed E-state index contributed by atoms with van der Waals surface area (Å²) < 4.78 is 0. The summed E-state index contributed by atoms with van der Waals surface area (Å²) in [5.74, 6) is 0.175. The molecule has 0 aliphatic carbocycles. The topological polar surface area (TPSA) is 47.6 Å². The number of nitrogens with zero attached hydrogens (tertiary/aromatic N) is 2. The van der Waals surface area contributed by atoms with Crippen molar-refractivity contribution in [2.75, 3.05) is 46.3 Å². The van der Waals surface area contributed by atoms with Crippen LogP contribution in [-0.4, -0.2) is 74.1 Å². The molecule has 2 fully saturated rings. The van der Waals surface area contributed by atoms with Crippen molar-refractivity contribution < 1.29 is 4.79 Å². The first kappa shape index (κ1) is 23.5. The Kier molecular flexibility index (Phi) is 13.1. The summed E-state index contributed by atoms with van der Waals surface area (Å²) >= 11 is 0. The lowest BCUT2D eigenvalue weighted by Gasteiger charge is -2.34. The first-order valence-electron chi connectivity index (χ1n) is 7.10. The molecule has 2 saturated heterocycles. The Bertz CT molecular complexity index is 283. The number of likely N-dealkylation sites (N-methyl/N-ethyl adjacent to an activating group) is 1. The minimum absolute atomic E-state index is 0. The number of carbonyl (C=O) groups is 1. The van der Waals surface area contributed by atoms with Gasteiger partial charge in [-0.15, -0.1) is 37.2 Å². The van der Waals surface area contributed by atoms with Gasteiger partial charge < -0.3 is 15.5 Å². The number of rotatable bonds is 4. The minimum atomic E-state index is 0. The number of hydrogen-bond donors (Lipinski definition) is 2. The molecule has 0 aromatic carbocycles. The second kappa shape index (κ2) is 11.7. The molecular weight excluding hydrogens is 335 g/mol. The number of carbonyl (C=O) groups excluding carboxylic acids is 1. The van der Waals surface area contributed by atoms with E-state index in [4.69, 9.17) is 0 Å². The monoisotopic (exact) mass is 362 g/mol. The number of piperazine rings is 1. The lowest BCUT2D eigenvalue weighted by molar-refractivity contribution is -0.123. The van der Waals surface area contributed by atoms with E-state index in [0.29, 0.717) is 0 Å². The smallest absolute Gasteiger partial charge is 0.237 e. The lowest BCUT2D eigenvalue weighted by Crippen LogP contribution is -2.51. The van der Waals surface area contributed by atoms with Gasteiger partial charge in [-0.05, 0) is 33.4 Å². The van der Waals surface area contributed by atoms with Crippen LogP contribution in [0.25, 0.3) is 0 Å². The minimum Gasteiger partial charge on any atom is -0.351 e. The fraction of sp³-hybridized carbons (Fsp3) is 0.923. The maximum absolute atomic E-state index is 11.9. The molecule has 2 aliphatic rings. The number of halogens is 3. The molecule has 128 valence electrons. The van der Waals surface area contributed by atoms with Crippen LogP contribution in [0.1, 0.15) is 19.8 Å². The van der Waals surface area contributed by atoms with Gasteiger partial charge >= 0.3 is 0 Å². The molecule has 0 saturated carbocycles. The van der Waals surface area contributed by atoms with Crippen LogP contribution >= 0.6 is 37.2 Å². The average molecular weight is 364 g/mol. The summed E-state index contributed by atoms with van der Waals surface area (Å²) in [5.41, 5.74) is 0. The van der Waals surface area contributed by atoms with Crippen LogP contribution in [0, 0.1) is 0 Å². The van der Waals surface area contributed by atoms with Crippen molar-refractivity contribution in [3.8, 4) is 0 Å². The summed E-state index contributed by atoms with van der Waals surface area (Å²) in [6.45, 7) is 8.52. The van der Waals surface area contributed by atoms with Crippen molar-refractivity contribution >= 4 is 43.1 Å². The molecule has 2 N–H and O–H groups in total. The Hall–Kier alpha value is 0.220. The van der Waals surface area contributed by atoms with Gasteiger partial charge in [0.2, 0.25) is 5.91 Å². The average Bonchev–Trinajstić information content (AvgIpc) is 2.85. The Labute approximate surface area is 146 Å². The highest BCUT2D eigenvalue weighted by atomic mass is 35.5. The molecule has 2 unspecified atom stereocenters. The van der Waals surface area contributed by atoms with E-state index in [1.54, 1.807) is 0 Å². The molecule has 21 heavy (non-hydrogen) atoms. The largest absolute Gasteiger partial charge is 0.351 e. The molecule has 2 rings (SSSR count). The van der Waals surface area contributed by atoms with Gasteiger partial charge in [0, 0.05) is 38.8 Å². The van der Waals surface area contributed by atoms with Crippen LogP contribution in [0.15, 0.2) is 0 Å². The third-order valence-corrected chi connectivity index (χ3v) is 3.89. The molecule has 5 nitrogen and oxygen atoms in total. The van der Waals surface area contributed by atoms with Crippen LogP contribution < -0.4 is 10.6 Å². The summed E-state index contributed by atoms with van der Waals surface area (Å²) in [5, 5.41) is 6.36. The SMILES string of the molecule is CC(CN1CCN(C)CC1)NC(=O)C1CCCN1.Cl.Cl.Cl. The molecular formula is C13H29Cl3N4O. The van der Waals surface area contributed by atoms with E-state index in [0.717, 1.165) is 52.1 Å². The summed E-state index contributed by atoms with van der Waals surface area (Å²) in [4.78, 5) is 16.7. The van der Waals surface area contributed by atoms with Crippen LogP contribution in [0.2, 0.25) is 0 Å². The highest BCUT2D eigenvalue weighted by Gasteiger charge is 2.24. The first-order valence-corrected chi connectivity index (χ1v) is 7.10. The molecule has 0 aromatic rings. The molecule has 2 heterocycles. The van der Waals surface area contributed by atoms with Crippen molar-refractivity contribution in [3.63, 3.8) is 0 Å². The van der Waals surface area contributed by atoms with Gasteiger partial charge in [0.15, 0.2) is 0 Å². The zero-order valence-electron chi connectivity index (χ0n) is 12.8. The molecule has 2 aliphatic heterocycles. The van der Waals surface area contributed by atoms with Gasteiger partial charge in [0.25, 0.3) is 0 Å². The van der Waals surface area contributed by atoms with E-state index in [-0.39, 0.29) is 55.2 Å². The fourth-order valence-corrected chi connectivity index (χ4v) is 2.72. The Balaban J connectivity index is 0. The van der Waals surface area contributed by atoms with Gasteiger partial charge in [-0.3, -0.25) is 9.69 Å². The Morgan fingerprint density at radius 1 is 1.24 bits per heavy atom. The predicted octanol–water partition coefficient (Wildman–Crippen LogP) is 0.756. The zero-order chi connectivity index (χ0) is 13.0. The van der Waals surface area contributed by atoms with Crippen molar-refractivity contribution in [3.05, 3.63) is 0 Å². The Morgan fingerprint density at radius 2 is 1.86 bits per heavy atom. The molecule has 2 atom stereocenters. The van der Waals surface area contributed by atoms with E-state index < -0.39 is 0 Å². The zero-order valence-corrected chi connectivity index (χ0v) is 15.3. The molecule has 1 amide bonds. The Morgan fingerprint density at radius 3 is 2.38 bits per heavy atom. The summed E-state index contributed by atoms with van der Waals surface area (Å²) in [6.07, 6.45) is 2.10. The highest BCUT2D eigenvalue weighted by molar-refractivity contribution is 5.86. The van der Waals surface area contributed by atoms with E-state index in [2.05, 4.69) is 34.4 Å². The van der Waals surface area contributed by atoms with Crippen LogP contribution in [0.4, 0.5) is 0 Å². The van der Waals surface area contributed by atoms with Crippen molar-refractivity contribution in [2.45, 2.75) is 31.8 Å². The van der Waals surface area contributed by atoms with Gasteiger partial charge in [-0.2, -0.15) is 0 Å². The van der Waals surface area contributed by atoms with E-state index in [9.17, 15) is 4.79 Å². The van der Waals surface area contributed by atoms with Crippen LogP contribution in [0.3, 0.4) is 0 Å². The van der Waals surface area contributed by atoms with Gasteiger partial charge in [0.05, 0.1) is 6.04 Å². The lowest BCUT2D eigenvalue weighted by atomic mass is 10.2. The summed E-state index contributed by atoms with van der Waals surface area (Å²) in [7, 11) is 2.16. The van der Waals surface area contributed by atoms with E-state index >= 15 is 0 Å². The van der Waals surface area contributed by atoms with Gasteiger partial charge in [-0.25, -0.2) is 0 Å².